The first-order valence-electron chi connectivity index (χ1n) is 7.37. The van der Waals surface area contributed by atoms with Gasteiger partial charge in [-0.15, -0.1) is 0 Å². The summed E-state index contributed by atoms with van der Waals surface area (Å²) in [6.45, 7) is 2.17. The van der Waals surface area contributed by atoms with Crippen LogP contribution in [0.1, 0.15) is 31.7 Å². The molecule has 108 valence electrons. The summed E-state index contributed by atoms with van der Waals surface area (Å²) in [5.41, 5.74) is 2.81. The fraction of sp³-hybridized carbons (Fsp3) is 0.294. The number of aryl methyl sites for hydroxylation is 1. The second kappa shape index (κ2) is 5.56. The van der Waals surface area contributed by atoms with Crippen molar-refractivity contribution in [3.63, 3.8) is 0 Å². The third kappa shape index (κ3) is 2.37. The lowest BCUT2D eigenvalue weighted by Gasteiger charge is -2.16. The van der Waals surface area contributed by atoms with Gasteiger partial charge in [0, 0.05) is 29.3 Å². The van der Waals surface area contributed by atoms with Crippen LogP contribution in [0.5, 0.6) is 0 Å². The topological polar surface area (TPSA) is 53.2 Å². The van der Waals surface area contributed by atoms with Gasteiger partial charge >= 0.3 is 0 Å². The van der Waals surface area contributed by atoms with Crippen molar-refractivity contribution in [2.45, 2.75) is 32.6 Å². The molecule has 0 saturated carbocycles. The van der Waals surface area contributed by atoms with Crippen molar-refractivity contribution in [1.82, 2.24) is 4.98 Å². The van der Waals surface area contributed by atoms with E-state index in [2.05, 4.69) is 11.9 Å². The van der Waals surface area contributed by atoms with Crippen molar-refractivity contribution < 1.29 is 9.59 Å². The molecule has 0 bridgehead atoms. The summed E-state index contributed by atoms with van der Waals surface area (Å²) in [7, 11) is 0. The number of hydrogen-bond acceptors (Lipinski definition) is 2. The summed E-state index contributed by atoms with van der Waals surface area (Å²) >= 11 is 0. The molecule has 1 aliphatic rings. The maximum atomic E-state index is 11.9. The van der Waals surface area contributed by atoms with Crippen molar-refractivity contribution in [2.24, 2.45) is 0 Å². The minimum absolute atomic E-state index is 0.270. The van der Waals surface area contributed by atoms with Crippen LogP contribution < -0.4 is 4.90 Å². The average molecular weight is 282 g/mol. The molecule has 3 rings (SSSR count). The number of aromatic amines is 1. The number of carbonyl (C=O) groups excluding carboxylic acids is 2. The van der Waals surface area contributed by atoms with Gasteiger partial charge in [-0.2, -0.15) is 0 Å². The van der Waals surface area contributed by atoms with Gasteiger partial charge in [0.2, 0.25) is 0 Å². The van der Waals surface area contributed by atoms with Crippen LogP contribution in [0.3, 0.4) is 0 Å². The van der Waals surface area contributed by atoms with Gasteiger partial charge in [0.05, 0.1) is 5.69 Å². The molecule has 0 radical (unpaired) electrons. The van der Waals surface area contributed by atoms with E-state index in [4.69, 9.17) is 0 Å². The molecule has 0 spiro atoms. The summed E-state index contributed by atoms with van der Waals surface area (Å²) in [5.74, 6) is -0.540. The highest BCUT2D eigenvalue weighted by molar-refractivity contribution is 6.30. The zero-order chi connectivity index (χ0) is 14.8. The van der Waals surface area contributed by atoms with Gasteiger partial charge in [0.15, 0.2) is 0 Å². The Morgan fingerprint density at radius 1 is 1.10 bits per heavy atom. The number of hydrogen-bond donors (Lipinski definition) is 1. The van der Waals surface area contributed by atoms with Gasteiger partial charge in [-0.1, -0.05) is 25.8 Å². The number of rotatable bonds is 5. The normalized spacial score (nSPS) is 14.6. The van der Waals surface area contributed by atoms with E-state index >= 15 is 0 Å². The highest BCUT2D eigenvalue weighted by atomic mass is 16.2. The van der Waals surface area contributed by atoms with Crippen molar-refractivity contribution in [3.8, 4) is 0 Å². The van der Waals surface area contributed by atoms with Crippen molar-refractivity contribution in [3.05, 3.63) is 42.1 Å². The summed E-state index contributed by atoms with van der Waals surface area (Å²) in [6, 6.07) is 5.67. The van der Waals surface area contributed by atoms with E-state index in [1.54, 1.807) is 0 Å². The number of unbranched alkanes of at least 4 members (excludes halogenated alkanes) is 2. The van der Waals surface area contributed by atoms with Gasteiger partial charge in [0.1, 0.15) is 0 Å². The maximum Gasteiger partial charge on any atom is 0.258 e. The third-order valence-corrected chi connectivity index (χ3v) is 3.87. The number of carbonyl (C=O) groups is 2. The number of fused-ring (bicyclic) bond motifs is 1. The van der Waals surface area contributed by atoms with Gasteiger partial charge in [-0.3, -0.25) is 9.59 Å². The van der Waals surface area contributed by atoms with E-state index in [9.17, 15) is 9.59 Å². The Morgan fingerprint density at radius 3 is 2.57 bits per heavy atom. The Labute approximate surface area is 123 Å². The number of anilines is 1. The average Bonchev–Trinajstić information content (AvgIpc) is 3.04. The highest BCUT2D eigenvalue weighted by Crippen LogP contribution is 2.32. The Bertz CT molecular complexity index is 709. The van der Waals surface area contributed by atoms with E-state index in [1.807, 2.05) is 24.4 Å². The number of benzene rings is 1. The Kier molecular flexibility index (Phi) is 3.60. The first kappa shape index (κ1) is 13.6. The molecule has 0 atom stereocenters. The molecule has 1 aliphatic heterocycles. The lowest BCUT2D eigenvalue weighted by atomic mass is 10.0. The van der Waals surface area contributed by atoms with Crippen LogP contribution in [-0.2, 0) is 16.0 Å². The molecular weight excluding hydrogens is 264 g/mol. The molecule has 1 aromatic carbocycles. The molecule has 0 saturated heterocycles. The maximum absolute atomic E-state index is 11.9. The van der Waals surface area contributed by atoms with E-state index in [1.165, 1.54) is 35.5 Å². The van der Waals surface area contributed by atoms with E-state index in [0.717, 1.165) is 23.7 Å². The molecule has 0 fully saturated rings. The molecule has 0 unspecified atom stereocenters. The second-order valence-electron chi connectivity index (χ2n) is 5.32. The molecule has 2 amide bonds. The van der Waals surface area contributed by atoms with Crippen molar-refractivity contribution in [2.75, 3.05) is 4.90 Å². The molecule has 4 heteroatoms. The zero-order valence-corrected chi connectivity index (χ0v) is 12.1. The number of H-pyrrole nitrogens is 1. The summed E-state index contributed by atoms with van der Waals surface area (Å²) in [6.07, 6.45) is 9.05. The fourth-order valence-corrected chi connectivity index (χ4v) is 2.82. The smallest absolute Gasteiger partial charge is 0.258 e. The van der Waals surface area contributed by atoms with Crippen LogP contribution in [0.25, 0.3) is 10.9 Å². The molecule has 4 nitrogen and oxygen atoms in total. The molecule has 1 aromatic heterocycles. The SMILES string of the molecule is CCCCCc1c[nH]c2cccc(N3C(=O)C=CC3=O)c12. The fourth-order valence-electron chi connectivity index (χ4n) is 2.82. The minimum Gasteiger partial charge on any atom is -0.361 e. The number of amides is 2. The van der Waals surface area contributed by atoms with Crippen LogP contribution in [0.2, 0.25) is 0 Å². The van der Waals surface area contributed by atoms with Gasteiger partial charge < -0.3 is 4.98 Å². The molecule has 2 aromatic rings. The second-order valence-corrected chi connectivity index (χ2v) is 5.32. The minimum atomic E-state index is -0.270. The number of nitrogens with one attached hydrogen (secondary N) is 1. The Balaban J connectivity index is 2.04. The van der Waals surface area contributed by atoms with Crippen molar-refractivity contribution >= 4 is 28.4 Å². The quantitative estimate of drug-likeness (QED) is 0.675. The molecule has 21 heavy (non-hydrogen) atoms. The largest absolute Gasteiger partial charge is 0.361 e. The van der Waals surface area contributed by atoms with Crippen LogP contribution >= 0.6 is 0 Å². The number of imide groups is 1. The molecular formula is C17H18N2O2. The molecule has 1 N–H and O–H groups in total. The Morgan fingerprint density at radius 2 is 1.86 bits per heavy atom. The number of aromatic nitrogens is 1. The summed E-state index contributed by atoms with van der Waals surface area (Å²) < 4.78 is 0. The Hall–Kier alpha value is -2.36. The first-order chi connectivity index (χ1) is 10.2. The summed E-state index contributed by atoms with van der Waals surface area (Å²) in [5, 5.41) is 0.985. The standard InChI is InChI=1S/C17H18N2O2/c1-2-3-4-6-12-11-18-13-7-5-8-14(17(12)13)19-15(20)9-10-16(19)21/h5,7-11,18H,2-4,6H2,1H3. The lowest BCUT2D eigenvalue weighted by molar-refractivity contribution is -0.119. The van der Waals surface area contributed by atoms with E-state index in [-0.39, 0.29) is 11.8 Å². The molecule has 0 aliphatic carbocycles. The van der Waals surface area contributed by atoms with Crippen LogP contribution in [0.4, 0.5) is 5.69 Å². The summed E-state index contributed by atoms with van der Waals surface area (Å²) in [4.78, 5) is 28.3. The monoisotopic (exact) mass is 282 g/mol. The van der Waals surface area contributed by atoms with Gasteiger partial charge in [0.25, 0.3) is 11.8 Å². The third-order valence-electron chi connectivity index (χ3n) is 3.87. The number of nitrogens with zero attached hydrogens (tertiary/aromatic N) is 1. The van der Waals surface area contributed by atoms with E-state index < -0.39 is 0 Å². The lowest BCUT2D eigenvalue weighted by Crippen LogP contribution is -2.29. The predicted octanol–water partition coefficient (Wildman–Crippen LogP) is 3.33. The van der Waals surface area contributed by atoms with Crippen molar-refractivity contribution in [1.29, 1.82) is 0 Å². The van der Waals surface area contributed by atoms with Gasteiger partial charge in [-0.05, 0) is 30.5 Å². The first-order valence-corrected chi connectivity index (χ1v) is 7.37. The van der Waals surface area contributed by atoms with Crippen LogP contribution in [0, 0.1) is 0 Å². The highest BCUT2D eigenvalue weighted by Gasteiger charge is 2.27. The van der Waals surface area contributed by atoms with E-state index in [0.29, 0.717) is 5.69 Å². The van der Waals surface area contributed by atoms with Gasteiger partial charge in [-0.25, -0.2) is 4.90 Å². The molecule has 2 heterocycles. The van der Waals surface area contributed by atoms with Crippen LogP contribution in [0.15, 0.2) is 36.5 Å². The predicted molar refractivity (Wildman–Crippen MR) is 83.2 cm³/mol. The van der Waals surface area contributed by atoms with Crippen LogP contribution in [-0.4, -0.2) is 16.8 Å². The zero-order valence-electron chi connectivity index (χ0n) is 12.1.